The number of hydrogen-bond acceptors (Lipinski definition) is 3. The summed E-state index contributed by atoms with van der Waals surface area (Å²) in [4.78, 5) is 40.4. The third kappa shape index (κ3) is 41.9. The van der Waals surface area contributed by atoms with Crippen LogP contribution in [0.5, 0.6) is 0 Å². The Morgan fingerprint density at radius 1 is 0.261 bits per heavy atom. The van der Waals surface area contributed by atoms with Gasteiger partial charge in [-0.05, 0) is 37.5 Å². The van der Waals surface area contributed by atoms with Crippen molar-refractivity contribution in [3.8, 4) is 0 Å². The fourth-order valence-corrected chi connectivity index (χ4v) is 9.99. The minimum absolute atomic E-state index is 0.178. The molecule has 0 radical (unpaired) electrons. The van der Waals surface area contributed by atoms with Gasteiger partial charge < -0.3 is 16.0 Å². The van der Waals surface area contributed by atoms with Crippen LogP contribution in [0.15, 0.2) is 18.2 Å². The summed E-state index contributed by atoms with van der Waals surface area (Å²) in [6.45, 7) is 8.65. The molecule has 6 heteroatoms. The summed E-state index contributed by atoms with van der Waals surface area (Å²) >= 11 is 0. The first-order valence-corrected chi connectivity index (χ1v) is 31.0. The largest absolute Gasteiger partial charge is 0.352 e. The maximum Gasteiger partial charge on any atom is 0.252 e. The molecule has 0 atom stereocenters. The maximum absolute atomic E-state index is 13.6. The second-order valence-electron chi connectivity index (χ2n) is 21.4. The highest BCUT2D eigenvalue weighted by Gasteiger charge is 2.20. The van der Waals surface area contributed by atoms with E-state index in [0.717, 1.165) is 38.5 Å². The van der Waals surface area contributed by atoms with Gasteiger partial charge in [0, 0.05) is 25.2 Å². The van der Waals surface area contributed by atoms with E-state index in [1.54, 1.807) is 18.2 Å². The average molecular weight is 965 g/mol. The van der Waals surface area contributed by atoms with Gasteiger partial charge in [0.2, 0.25) is 0 Å². The molecule has 0 saturated heterocycles. The van der Waals surface area contributed by atoms with Crippen LogP contribution in [-0.4, -0.2) is 37.4 Å². The molecule has 1 aromatic carbocycles. The first-order valence-electron chi connectivity index (χ1n) is 31.0. The van der Waals surface area contributed by atoms with E-state index in [-0.39, 0.29) is 17.7 Å². The van der Waals surface area contributed by atoms with Crippen LogP contribution in [-0.2, 0) is 0 Å². The molecule has 0 bridgehead atoms. The minimum atomic E-state index is -0.268. The zero-order valence-electron chi connectivity index (χ0n) is 46.5. The molecule has 0 aliphatic rings. The van der Waals surface area contributed by atoms with Crippen LogP contribution in [0.4, 0.5) is 0 Å². The van der Waals surface area contributed by atoms with E-state index >= 15 is 0 Å². The lowest BCUT2D eigenvalue weighted by atomic mass is 10.0. The minimum Gasteiger partial charge on any atom is -0.352 e. The van der Waals surface area contributed by atoms with Crippen molar-refractivity contribution in [2.24, 2.45) is 0 Å². The molecule has 1 rings (SSSR count). The molecular weight excluding hydrogens is 847 g/mol. The van der Waals surface area contributed by atoms with E-state index in [4.69, 9.17) is 0 Å². The Morgan fingerprint density at radius 3 is 0.710 bits per heavy atom. The van der Waals surface area contributed by atoms with E-state index in [1.807, 2.05) is 0 Å². The quantitative estimate of drug-likeness (QED) is 0.0569. The first-order chi connectivity index (χ1) is 34.0. The van der Waals surface area contributed by atoms with Crippen molar-refractivity contribution >= 4 is 17.7 Å². The van der Waals surface area contributed by atoms with Gasteiger partial charge in [-0.25, -0.2) is 0 Å². The molecule has 0 aliphatic carbocycles. The summed E-state index contributed by atoms with van der Waals surface area (Å²) in [5, 5.41) is 9.26. The number of carbonyl (C=O) groups excluding carboxylic acids is 3. The van der Waals surface area contributed by atoms with Crippen LogP contribution in [0.2, 0.25) is 0 Å². The zero-order valence-corrected chi connectivity index (χ0v) is 46.5. The fraction of sp³-hybridized carbons (Fsp3) is 0.857. The summed E-state index contributed by atoms with van der Waals surface area (Å²) in [5.41, 5.74) is 1.09. The lowest BCUT2D eigenvalue weighted by Crippen LogP contribution is -2.31. The SMILES string of the molecule is CCCCCCCCCCCCCCCCCCNC(=O)c1ccc(C(=O)NCCCCCCCCCCCCCCCCCC)c(C(=O)NCCCCCCCCCCCCCCCCCC)c1. The predicted molar refractivity (Wildman–Crippen MR) is 302 cm³/mol. The third-order valence-corrected chi connectivity index (χ3v) is 14.7. The molecule has 0 spiro atoms. The van der Waals surface area contributed by atoms with Crippen LogP contribution in [0.3, 0.4) is 0 Å². The lowest BCUT2D eigenvalue weighted by molar-refractivity contribution is 0.0917. The first kappa shape index (κ1) is 64.6. The Kier molecular flexibility index (Phi) is 48.7. The van der Waals surface area contributed by atoms with Crippen molar-refractivity contribution in [2.75, 3.05) is 19.6 Å². The van der Waals surface area contributed by atoms with Crippen molar-refractivity contribution in [1.82, 2.24) is 16.0 Å². The van der Waals surface area contributed by atoms with Crippen molar-refractivity contribution in [3.63, 3.8) is 0 Å². The van der Waals surface area contributed by atoms with Crippen LogP contribution < -0.4 is 16.0 Å². The Labute approximate surface area is 429 Å². The molecule has 1 aromatic rings. The second kappa shape index (κ2) is 52.0. The van der Waals surface area contributed by atoms with Gasteiger partial charge in [0.15, 0.2) is 0 Å². The molecule has 0 saturated carbocycles. The van der Waals surface area contributed by atoms with Gasteiger partial charge in [0.1, 0.15) is 0 Å². The molecule has 0 aromatic heterocycles. The van der Waals surface area contributed by atoms with E-state index in [1.165, 1.54) is 270 Å². The Hall–Kier alpha value is -2.37. The summed E-state index contributed by atoms with van der Waals surface area (Å²) in [6.07, 6.45) is 63.2. The summed E-state index contributed by atoms with van der Waals surface area (Å²) in [6, 6.07) is 5.02. The van der Waals surface area contributed by atoms with Crippen molar-refractivity contribution in [1.29, 1.82) is 0 Å². The monoisotopic (exact) mass is 964 g/mol. The van der Waals surface area contributed by atoms with Crippen molar-refractivity contribution < 1.29 is 14.4 Å². The highest BCUT2D eigenvalue weighted by molar-refractivity contribution is 6.09. The van der Waals surface area contributed by atoms with E-state index in [2.05, 4.69) is 36.7 Å². The summed E-state index contributed by atoms with van der Waals surface area (Å²) < 4.78 is 0. The normalized spacial score (nSPS) is 11.3. The molecule has 0 fully saturated rings. The van der Waals surface area contributed by atoms with Gasteiger partial charge in [-0.1, -0.05) is 310 Å². The molecule has 0 unspecified atom stereocenters. The van der Waals surface area contributed by atoms with Gasteiger partial charge in [-0.15, -0.1) is 0 Å². The lowest BCUT2D eigenvalue weighted by Gasteiger charge is -2.13. The number of benzene rings is 1. The highest BCUT2D eigenvalue weighted by atomic mass is 16.2. The molecule has 69 heavy (non-hydrogen) atoms. The van der Waals surface area contributed by atoms with Gasteiger partial charge in [0.05, 0.1) is 11.1 Å². The molecule has 0 aliphatic heterocycles. The topological polar surface area (TPSA) is 87.3 Å². The van der Waals surface area contributed by atoms with E-state index in [9.17, 15) is 14.4 Å². The van der Waals surface area contributed by atoms with E-state index in [0.29, 0.717) is 36.3 Å². The van der Waals surface area contributed by atoms with Gasteiger partial charge >= 0.3 is 0 Å². The van der Waals surface area contributed by atoms with Crippen LogP contribution in [0, 0.1) is 0 Å². The number of rotatable bonds is 54. The maximum atomic E-state index is 13.6. The molecule has 6 nitrogen and oxygen atoms in total. The van der Waals surface area contributed by atoms with E-state index < -0.39 is 0 Å². The number of hydrogen-bond donors (Lipinski definition) is 3. The Morgan fingerprint density at radius 2 is 0.464 bits per heavy atom. The van der Waals surface area contributed by atoms with Crippen LogP contribution >= 0.6 is 0 Å². The highest BCUT2D eigenvalue weighted by Crippen LogP contribution is 2.18. The van der Waals surface area contributed by atoms with Crippen molar-refractivity contribution in [2.45, 2.75) is 329 Å². The van der Waals surface area contributed by atoms with Crippen LogP contribution in [0.25, 0.3) is 0 Å². The molecular formula is C63H117N3O3. The smallest absolute Gasteiger partial charge is 0.252 e. The van der Waals surface area contributed by atoms with Gasteiger partial charge in [0.25, 0.3) is 17.7 Å². The molecule has 402 valence electrons. The number of nitrogens with one attached hydrogen (secondary N) is 3. The van der Waals surface area contributed by atoms with Crippen LogP contribution in [0.1, 0.15) is 360 Å². The number of carbonyl (C=O) groups is 3. The van der Waals surface area contributed by atoms with Gasteiger partial charge in [-0.3, -0.25) is 14.4 Å². The average Bonchev–Trinajstić information content (AvgIpc) is 3.36. The standard InChI is InChI=1S/C63H117N3O3/c1-4-7-10-13-16-19-22-25-28-31-34-37-40-43-46-49-54-64-61(67)58-52-53-59(62(68)65-55-50-47-44-41-38-35-32-29-26-23-20-17-14-11-8-5-2)60(57-58)63(69)66-56-51-48-45-42-39-36-33-30-27-24-21-18-15-12-9-6-3/h52-53,57H,4-51,54-56H2,1-3H3,(H,64,67)(H,65,68)(H,66,69). The summed E-state index contributed by atoms with van der Waals surface area (Å²) in [5.74, 6) is -0.678. The Bertz CT molecular complexity index is 1280. The molecule has 0 heterocycles. The van der Waals surface area contributed by atoms with Gasteiger partial charge in [-0.2, -0.15) is 0 Å². The fourth-order valence-electron chi connectivity index (χ4n) is 9.99. The number of amides is 3. The zero-order chi connectivity index (χ0) is 49.8. The second-order valence-corrected chi connectivity index (χ2v) is 21.4. The third-order valence-electron chi connectivity index (χ3n) is 14.7. The molecule has 3 amide bonds. The van der Waals surface area contributed by atoms with Crippen molar-refractivity contribution in [3.05, 3.63) is 34.9 Å². The summed E-state index contributed by atoms with van der Waals surface area (Å²) in [7, 11) is 0. The number of unbranched alkanes of at least 4 members (excludes halogenated alkanes) is 45. The molecule has 3 N–H and O–H groups in total. The Balaban J connectivity index is 2.43. The predicted octanol–water partition coefficient (Wildman–Crippen LogP) is 19.7.